The van der Waals surface area contributed by atoms with Crippen LogP contribution in [-0.4, -0.2) is 6.61 Å². The van der Waals surface area contributed by atoms with Gasteiger partial charge in [0, 0.05) is 10.6 Å². The quantitative estimate of drug-likeness (QED) is 0.185. The van der Waals surface area contributed by atoms with Gasteiger partial charge in [-0.05, 0) is 59.2 Å². The number of hydrogen-bond donors (Lipinski definition) is 0. The van der Waals surface area contributed by atoms with Gasteiger partial charge in [-0.25, -0.2) is 0 Å². The highest BCUT2D eigenvalue weighted by Crippen LogP contribution is 2.39. The Morgan fingerprint density at radius 1 is 0.912 bits per heavy atom. The molecule has 0 N–H and O–H groups in total. The van der Waals surface area contributed by atoms with E-state index in [9.17, 15) is 5.26 Å². The zero-order valence-corrected chi connectivity index (χ0v) is 20.6. The van der Waals surface area contributed by atoms with Gasteiger partial charge in [-0.3, -0.25) is 0 Å². The molecule has 0 radical (unpaired) electrons. The SMILES string of the molecule is CCOc1cc(/C=C(\C#N)c2ccc(Cl)cc2Cl)cc(Cl)c1OCc1cccc2ccccc12. The van der Waals surface area contributed by atoms with E-state index >= 15 is 0 Å². The third kappa shape index (κ3) is 5.32. The molecule has 0 amide bonds. The second kappa shape index (κ2) is 10.8. The minimum atomic E-state index is 0.333. The van der Waals surface area contributed by atoms with E-state index in [0.717, 1.165) is 16.3 Å². The number of ether oxygens (including phenoxy) is 2. The van der Waals surface area contributed by atoms with Crippen LogP contribution < -0.4 is 9.47 Å². The monoisotopic (exact) mass is 507 g/mol. The minimum Gasteiger partial charge on any atom is -0.490 e. The molecule has 0 spiro atoms. The lowest BCUT2D eigenvalue weighted by Crippen LogP contribution is -2.01. The smallest absolute Gasteiger partial charge is 0.180 e. The summed E-state index contributed by atoms with van der Waals surface area (Å²) in [5.41, 5.74) is 2.70. The maximum Gasteiger partial charge on any atom is 0.180 e. The van der Waals surface area contributed by atoms with Gasteiger partial charge < -0.3 is 9.47 Å². The number of hydrogen-bond acceptors (Lipinski definition) is 3. The summed E-state index contributed by atoms with van der Waals surface area (Å²) in [6, 6.07) is 25.0. The molecule has 170 valence electrons. The molecule has 0 saturated carbocycles. The Bertz CT molecular complexity index is 1420. The predicted octanol–water partition coefficient (Wildman–Crippen LogP) is 8.84. The van der Waals surface area contributed by atoms with E-state index in [1.54, 1.807) is 36.4 Å². The van der Waals surface area contributed by atoms with Crippen molar-refractivity contribution in [2.24, 2.45) is 0 Å². The van der Waals surface area contributed by atoms with Crippen molar-refractivity contribution in [3.8, 4) is 17.6 Å². The van der Waals surface area contributed by atoms with Gasteiger partial charge in [-0.1, -0.05) is 83.3 Å². The highest BCUT2D eigenvalue weighted by Gasteiger charge is 2.15. The fraction of sp³-hybridized carbons (Fsp3) is 0.107. The van der Waals surface area contributed by atoms with E-state index in [2.05, 4.69) is 24.3 Å². The topological polar surface area (TPSA) is 42.2 Å². The van der Waals surface area contributed by atoms with E-state index in [0.29, 0.717) is 56.5 Å². The maximum atomic E-state index is 9.73. The summed E-state index contributed by atoms with van der Waals surface area (Å²) >= 11 is 18.9. The average Bonchev–Trinajstić information content (AvgIpc) is 2.82. The van der Waals surface area contributed by atoms with Crippen LogP contribution in [0.4, 0.5) is 0 Å². The molecule has 4 rings (SSSR count). The molecule has 4 aromatic carbocycles. The van der Waals surface area contributed by atoms with Gasteiger partial charge in [0.1, 0.15) is 6.61 Å². The van der Waals surface area contributed by atoms with Crippen LogP contribution in [0.1, 0.15) is 23.6 Å². The summed E-state index contributed by atoms with van der Waals surface area (Å²) < 4.78 is 12.0. The van der Waals surface area contributed by atoms with Crippen LogP contribution in [0.3, 0.4) is 0 Å². The average molecular weight is 509 g/mol. The summed E-state index contributed by atoms with van der Waals surface area (Å²) in [5, 5.41) is 13.3. The molecular weight excluding hydrogens is 489 g/mol. The fourth-order valence-electron chi connectivity index (χ4n) is 3.69. The number of halogens is 3. The summed E-state index contributed by atoms with van der Waals surface area (Å²) in [6.07, 6.45) is 1.71. The molecule has 6 heteroatoms. The highest BCUT2D eigenvalue weighted by atomic mass is 35.5. The molecule has 0 saturated heterocycles. The van der Waals surface area contributed by atoms with E-state index in [4.69, 9.17) is 44.3 Å². The normalized spacial score (nSPS) is 11.3. The van der Waals surface area contributed by atoms with Crippen LogP contribution in [0.25, 0.3) is 22.4 Å². The van der Waals surface area contributed by atoms with E-state index < -0.39 is 0 Å². The van der Waals surface area contributed by atoms with Crippen LogP contribution in [0.5, 0.6) is 11.5 Å². The Morgan fingerprint density at radius 3 is 2.47 bits per heavy atom. The summed E-state index contributed by atoms with van der Waals surface area (Å²) in [5.74, 6) is 0.956. The van der Waals surface area contributed by atoms with Gasteiger partial charge in [0.05, 0.1) is 28.3 Å². The number of allylic oxidation sites excluding steroid dienone is 1. The standard InChI is InChI=1S/C28H20Cl3NO2/c1-2-33-27-14-18(12-21(16-32)24-11-10-22(29)15-25(24)30)13-26(31)28(27)34-17-20-8-5-7-19-6-3-4-9-23(19)20/h3-15H,2,17H2,1H3/b21-12+. The van der Waals surface area contributed by atoms with Crippen molar-refractivity contribution in [3.63, 3.8) is 0 Å². The first-order valence-corrected chi connectivity index (χ1v) is 11.8. The van der Waals surface area contributed by atoms with Crippen molar-refractivity contribution < 1.29 is 9.47 Å². The predicted molar refractivity (Wildman–Crippen MR) is 141 cm³/mol. The summed E-state index contributed by atoms with van der Waals surface area (Å²) in [6.45, 7) is 2.65. The van der Waals surface area contributed by atoms with Crippen LogP contribution in [0.2, 0.25) is 15.1 Å². The van der Waals surface area contributed by atoms with E-state index in [1.807, 2.05) is 31.2 Å². The molecule has 0 heterocycles. The van der Waals surface area contributed by atoms with Crippen LogP contribution in [0.15, 0.2) is 72.8 Å². The number of nitriles is 1. The molecule has 0 aliphatic rings. The van der Waals surface area contributed by atoms with Crippen molar-refractivity contribution in [3.05, 3.63) is 105 Å². The Morgan fingerprint density at radius 2 is 1.71 bits per heavy atom. The Balaban J connectivity index is 1.67. The molecule has 0 aromatic heterocycles. The molecule has 0 aliphatic heterocycles. The van der Waals surface area contributed by atoms with Crippen LogP contribution >= 0.6 is 34.8 Å². The Hall–Kier alpha value is -3.16. The molecule has 4 aromatic rings. The fourth-order valence-corrected chi connectivity index (χ4v) is 4.47. The first kappa shape index (κ1) is 24.0. The Kier molecular flexibility index (Phi) is 7.65. The lowest BCUT2D eigenvalue weighted by Gasteiger charge is -2.15. The highest BCUT2D eigenvalue weighted by molar-refractivity contribution is 6.36. The maximum absolute atomic E-state index is 9.73. The number of benzene rings is 4. The number of rotatable bonds is 7. The van der Waals surface area contributed by atoms with E-state index in [-0.39, 0.29) is 0 Å². The molecule has 0 aliphatic carbocycles. The largest absolute Gasteiger partial charge is 0.490 e. The molecule has 3 nitrogen and oxygen atoms in total. The molecular formula is C28H20Cl3NO2. The zero-order chi connectivity index (χ0) is 24.1. The van der Waals surface area contributed by atoms with Crippen molar-refractivity contribution in [1.82, 2.24) is 0 Å². The van der Waals surface area contributed by atoms with Crippen molar-refractivity contribution in [2.75, 3.05) is 6.61 Å². The first-order valence-electron chi connectivity index (χ1n) is 10.6. The second-order valence-corrected chi connectivity index (χ2v) is 8.73. The zero-order valence-electron chi connectivity index (χ0n) is 18.3. The Labute approximate surface area is 213 Å². The van der Waals surface area contributed by atoms with Gasteiger partial charge in [0.15, 0.2) is 11.5 Å². The van der Waals surface area contributed by atoms with Crippen molar-refractivity contribution >= 4 is 57.2 Å². The molecule has 0 bridgehead atoms. The summed E-state index contributed by atoms with van der Waals surface area (Å²) in [7, 11) is 0. The lowest BCUT2D eigenvalue weighted by atomic mass is 10.0. The molecule has 0 atom stereocenters. The van der Waals surface area contributed by atoms with Gasteiger partial charge in [0.25, 0.3) is 0 Å². The van der Waals surface area contributed by atoms with Crippen molar-refractivity contribution in [2.45, 2.75) is 13.5 Å². The molecule has 0 fully saturated rings. The van der Waals surface area contributed by atoms with Crippen LogP contribution in [0, 0.1) is 11.3 Å². The third-order valence-electron chi connectivity index (χ3n) is 5.24. The first-order chi connectivity index (χ1) is 16.5. The summed E-state index contributed by atoms with van der Waals surface area (Å²) in [4.78, 5) is 0. The van der Waals surface area contributed by atoms with Gasteiger partial charge >= 0.3 is 0 Å². The second-order valence-electron chi connectivity index (χ2n) is 7.48. The van der Waals surface area contributed by atoms with E-state index in [1.165, 1.54) is 0 Å². The van der Waals surface area contributed by atoms with Gasteiger partial charge in [0.2, 0.25) is 0 Å². The number of fused-ring (bicyclic) bond motifs is 1. The third-order valence-corrected chi connectivity index (χ3v) is 6.06. The lowest BCUT2D eigenvalue weighted by molar-refractivity contribution is 0.270. The van der Waals surface area contributed by atoms with Crippen molar-refractivity contribution in [1.29, 1.82) is 5.26 Å². The number of nitrogens with zero attached hydrogens (tertiary/aromatic N) is 1. The van der Waals surface area contributed by atoms with Crippen LogP contribution in [-0.2, 0) is 6.61 Å². The minimum absolute atomic E-state index is 0.333. The molecule has 0 unspecified atom stereocenters. The molecule has 34 heavy (non-hydrogen) atoms. The van der Waals surface area contributed by atoms with Gasteiger partial charge in [-0.2, -0.15) is 5.26 Å². The van der Waals surface area contributed by atoms with Gasteiger partial charge in [-0.15, -0.1) is 0 Å².